The highest BCUT2D eigenvalue weighted by molar-refractivity contribution is 5.22. The molecule has 1 aromatic carbocycles. The van der Waals surface area contributed by atoms with Gasteiger partial charge >= 0.3 is 0 Å². The molecule has 0 saturated heterocycles. The van der Waals surface area contributed by atoms with E-state index in [0.717, 1.165) is 6.42 Å². The van der Waals surface area contributed by atoms with E-state index in [0.29, 0.717) is 6.04 Å². The highest BCUT2D eigenvalue weighted by Crippen LogP contribution is 2.13. The van der Waals surface area contributed by atoms with Crippen molar-refractivity contribution in [3.8, 4) is 0 Å². The largest absolute Gasteiger partial charge is 0.317 e. The van der Waals surface area contributed by atoms with Crippen molar-refractivity contribution >= 4 is 0 Å². The van der Waals surface area contributed by atoms with Gasteiger partial charge in [-0.2, -0.15) is 0 Å². The van der Waals surface area contributed by atoms with E-state index in [4.69, 9.17) is 0 Å². The van der Waals surface area contributed by atoms with Gasteiger partial charge in [-0.1, -0.05) is 88.1 Å². The molecule has 120 valence electrons. The van der Waals surface area contributed by atoms with Gasteiger partial charge in [-0.25, -0.2) is 0 Å². The molecule has 0 amide bonds. The van der Waals surface area contributed by atoms with Crippen LogP contribution in [0.15, 0.2) is 24.3 Å². The number of aryl methyl sites for hydroxylation is 1. The third-order valence-corrected chi connectivity index (χ3v) is 4.42. The molecule has 1 aromatic rings. The van der Waals surface area contributed by atoms with Crippen molar-refractivity contribution in [1.82, 2.24) is 5.32 Å². The number of likely N-dealkylation sites (N-methyl/N-ethyl adjacent to an activating group) is 1. The Kier molecular flexibility index (Phi) is 10.2. The van der Waals surface area contributed by atoms with Gasteiger partial charge in [-0.3, -0.25) is 0 Å². The van der Waals surface area contributed by atoms with Crippen LogP contribution in [0.1, 0.15) is 75.8 Å². The Balaban J connectivity index is 2.09. The Morgan fingerprint density at radius 1 is 0.857 bits per heavy atom. The number of unbranched alkanes of at least 4 members (excludes halogenated alkanes) is 7. The van der Waals surface area contributed by atoms with Crippen molar-refractivity contribution in [2.24, 2.45) is 0 Å². The Bertz CT molecular complexity index is 341. The van der Waals surface area contributed by atoms with E-state index in [9.17, 15) is 0 Å². The van der Waals surface area contributed by atoms with Gasteiger partial charge in [0.2, 0.25) is 0 Å². The van der Waals surface area contributed by atoms with E-state index in [1.807, 2.05) is 0 Å². The first-order valence-electron chi connectivity index (χ1n) is 8.99. The van der Waals surface area contributed by atoms with Crippen LogP contribution in [0.4, 0.5) is 0 Å². The Morgan fingerprint density at radius 2 is 1.43 bits per heavy atom. The van der Waals surface area contributed by atoms with Crippen LogP contribution in [0.2, 0.25) is 0 Å². The molecule has 0 aliphatic heterocycles. The maximum Gasteiger partial charge on any atom is 0.0104 e. The van der Waals surface area contributed by atoms with Crippen LogP contribution in [0.25, 0.3) is 0 Å². The molecule has 0 radical (unpaired) electrons. The Hall–Kier alpha value is -0.820. The fraction of sp³-hybridized carbons (Fsp3) is 0.700. The summed E-state index contributed by atoms with van der Waals surface area (Å²) in [5.41, 5.74) is 2.81. The second-order valence-electron chi connectivity index (χ2n) is 6.44. The average Bonchev–Trinajstić information content (AvgIpc) is 2.50. The van der Waals surface area contributed by atoms with Crippen molar-refractivity contribution in [3.05, 3.63) is 35.4 Å². The van der Waals surface area contributed by atoms with E-state index >= 15 is 0 Å². The van der Waals surface area contributed by atoms with Gasteiger partial charge in [0.05, 0.1) is 0 Å². The predicted octanol–water partition coefficient (Wildman–Crippen LogP) is 5.66. The number of benzene rings is 1. The molecule has 0 fully saturated rings. The molecule has 1 N–H and O–H groups in total. The summed E-state index contributed by atoms with van der Waals surface area (Å²) in [7, 11) is 2.10. The third kappa shape index (κ3) is 8.93. The van der Waals surface area contributed by atoms with Crippen LogP contribution in [-0.2, 0) is 6.42 Å². The minimum atomic E-state index is 0.632. The molecule has 0 bridgehead atoms. The molecular weight excluding hydrogens is 254 g/mol. The van der Waals surface area contributed by atoms with Crippen LogP contribution in [0.3, 0.4) is 0 Å². The minimum Gasteiger partial charge on any atom is -0.317 e. The zero-order valence-electron chi connectivity index (χ0n) is 14.5. The molecule has 0 saturated carbocycles. The van der Waals surface area contributed by atoms with Crippen molar-refractivity contribution in [1.29, 1.82) is 0 Å². The van der Waals surface area contributed by atoms with Gasteiger partial charge in [0.25, 0.3) is 0 Å². The monoisotopic (exact) mass is 289 g/mol. The summed E-state index contributed by atoms with van der Waals surface area (Å²) in [6.45, 7) is 4.44. The first kappa shape index (κ1) is 18.2. The summed E-state index contributed by atoms with van der Waals surface area (Å²) in [6.07, 6.45) is 13.7. The Morgan fingerprint density at radius 3 is 2.00 bits per heavy atom. The molecule has 1 atom stereocenters. The topological polar surface area (TPSA) is 12.0 Å². The second kappa shape index (κ2) is 11.8. The summed E-state index contributed by atoms with van der Waals surface area (Å²) in [5, 5.41) is 3.48. The van der Waals surface area contributed by atoms with Gasteiger partial charge in [0.15, 0.2) is 0 Å². The summed E-state index contributed by atoms with van der Waals surface area (Å²) in [6, 6.07) is 9.62. The highest BCUT2D eigenvalue weighted by atomic mass is 14.9. The molecule has 1 nitrogen and oxygen atoms in total. The number of rotatable bonds is 12. The summed E-state index contributed by atoms with van der Waals surface area (Å²) in [5.74, 6) is 0. The van der Waals surface area contributed by atoms with Crippen LogP contribution < -0.4 is 5.32 Å². The van der Waals surface area contributed by atoms with E-state index in [1.165, 1.54) is 68.9 Å². The minimum absolute atomic E-state index is 0.632. The van der Waals surface area contributed by atoms with Gasteiger partial charge in [0, 0.05) is 6.04 Å². The van der Waals surface area contributed by atoms with Crippen molar-refractivity contribution in [3.63, 3.8) is 0 Å². The van der Waals surface area contributed by atoms with Crippen LogP contribution in [-0.4, -0.2) is 13.1 Å². The zero-order valence-corrected chi connectivity index (χ0v) is 14.5. The zero-order chi connectivity index (χ0) is 15.3. The molecule has 0 heterocycles. The van der Waals surface area contributed by atoms with Crippen molar-refractivity contribution in [2.45, 2.75) is 84.1 Å². The van der Waals surface area contributed by atoms with Crippen LogP contribution in [0, 0.1) is 6.92 Å². The quantitative estimate of drug-likeness (QED) is 0.490. The fourth-order valence-electron chi connectivity index (χ4n) is 2.88. The van der Waals surface area contributed by atoms with E-state index in [2.05, 4.69) is 50.5 Å². The molecular formula is C20H35N. The van der Waals surface area contributed by atoms with E-state index < -0.39 is 0 Å². The number of hydrogen-bond acceptors (Lipinski definition) is 1. The molecule has 1 unspecified atom stereocenters. The molecule has 0 spiro atoms. The molecule has 0 aliphatic rings. The SMILES string of the molecule is CCCCCCCCCCC(Cc1ccc(C)cc1)NC. The predicted molar refractivity (Wildman–Crippen MR) is 95.0 cm³/mol. The van der Waals surface area contributed by atoms with Gasteiger partial charge < -0.3 is 5.32 Å². The normalized spacial score (nSPS) is 12.5. The molecule has 0 aliphatic carbocycles. The summed E-state index contributed by atoms with van der Waals surface area (Å²) in [4.78, 5) is 0. The second-order valence-corrected chi connectivity index (χ2v) is 6.44. The van der Waals surface area contributed by atoms with Crippen molar-refractivity contribution < 1.29 is 0 Å². The van der Waals surface area contributed by atoms with Crippen LogP contribution >= 0.6 is 0 Å². The lowest BCUT2D eigenvalue weighted by atomic mass is 9.99. The summed E-state index contributed by atoms with van der Waals surface area (Å²) >= 11 is 0. The van der Waals surface area contributed by atoms with Crippen LogP contribution in [0.5, 0.6) is 0 Å². The molecule has 21 heavy (non-hydrogen) atoms. The van der Waals surface area contributed by atoms with Crippen molar-refractivity contribution in [2.75, 3.05) is 7.05 Å². The van der Waals surface area contributed by atoms with Gasteiger partial charge in [0.1, 0.15) is 0 Å². The van der Waals surface area contributed by atoms with E-state index in [-0.39, 0.29) is 0 Å². The van der Waals surface area contributed by atoms with E-state index in [1.54, 1.807) is 0 Å². The third-order valence-electron chi connectivity index (χ3n) is 4.42. The lowest BCUT2D eigenvalue weighted by Crippen LogP contribution is -2.27. The van der Waals surface area contributed by atoms with Gasteiger partial charge in [-0.15, -0.1) is 0 Å². The Labute approximate surface area is 132 Å². The summed E-state index contributed by atoms with van der Waals surface area (Å²) < 4.78 is 0. The standard InChI is InChI=1S/C20H35N/c1-4-5-6-7-8-9-10-11-12-20(21-3)17-19-15-13-18(2)14-16-19/h13-16,20-21H,4-12,17H2,1-3H3. The first-order valence-corrected chi connectivity index (χ1v) is 8.99. The first-order chi connectivity index (χ1) is 10.3. The smallest absolute Gasteiger partial charge is 0.0104 e. The lowest BCUT2D eigenvalue weighted by molar-refractivity contribution is 0.477. The highest BCUT2D eigenvalue weighted by Gasteiger charge is 2.06. The number of nitrogens with one attached hydrogen (secondary N) is 1. The van der Waals surface area contributed by atoms with Gasteiger partial charge in [-0.05, 0) is 32.4 Å². The molecule has 1 rings (SSSR count). The molecule has 1 heteroatoms. The maximum atomic E-state index is 3.48. The molecule has 0 aromatic heterocycles. The lowest BCUT2D eigenvalue weighted by Gasteiger charge is -2.16. The fourth-order valence-corrected chi connectivity index (χ4v) is 2.88. The average molecular weight is 290 g/mol. The number of hydrogen-bond donors (Lipinski definition) is 1. The maximum absolute atomic E-state index is 3.48.